The van der Waals surface area contributed by atoms with Crippen molar-refractivity contribution in [2.45, 2.75) is 45.6 Å². The number of rotatable bonds is 4. The van der Waals surface area contributed by atoms with Gasteiger partial charge in [0.2, 0.25) is 0 Å². The van der Waals surface area contributed by atoms with Crippen LogP contribution in [0.4, 0.5) is 0 Å². The first-order chi connectivity index (χ1) is 8.76. The predicted octanol–water partition coefficient (Wildman–Crippen LogP) is 2.96. The Kier molecular flexibility index (Phi) is 5.15. The highest BCUT2D eigenvalue weighted by atomic mass is 32.1. The molecule has 2 unspecified atom stereocenters. The van der Waals surface area contributed by atoms with E-state index in [2.05, 4.69) is 24.1 Å². The lowest BCUT2D eigenvalue weighted by Gasteiger charge is -2.33. The van der Waals surface area contributed by atoms with E-state index in [1.807, 2.05) is 0 Å². The van der Waals surface area contributed by atoms with E-state index in [1.54, 1.807) is 11.3 Å². The van der Waals surface area contributed by atoms with Crippen LogP contribution in [0, 0.1) is 12.8 Å². The molecule has 0 saturated carbocycles. The minimum Gasteiger partial charge on any atom is -0.330 e. The molecular formula is C14H25N3S. The van der Waals surface area contributed by atoms with Crippen LogP contribution >= 0.6 is 11.3 Å². The SMILES string of the molecule is CCCN1CCCCC(CN)C1c1nc(C)cs1. The summed E-state index contributed by atoms with van der Waals surface area (Å²) in [6.45, 7) is 7.49. The van der Waals surface area contributed by atoms with Crippen molar-refractivity contribution in [2.75, 3.05) is 19.6 Å². The lowest BCUT2D eigenvalue weighted by atomic mass is 9.95. The van der Waals surface area contributed by atoms with Crippen molar-refractivity contribution in [1.29, 1.82) is 0 Å². The molecule has 3 nitrogen and oxygen atoms in total. The van der Waals surface area contributed by atoms with Crippen LogP contribution in [-0.4, -0.2) is 29.5 Å². The molecule has 1 fully saturated rings. The summed E-state index contributed by atoms with van der Waals surface area (Å²) in [6, 6.07) is 0.455. The number of aryl methyl sites for hydroxylation is 1. The van der Waals surface area contributed by atoms with Gasteiger partial charge in [0.25, 0.3) is 0 Å². The highest BCUT2D eigenvalue weighted by molar-refractivity contribution is 7.09. The lowest BCUT2D eigenvalue weighted by Crippen LogP contribution is -2.36. The Morgan fingerprint density at radius 2 is 2.33 bits per heavy atom. The number of hydrogen-bond acceptors (Lipinski definition) is 4. The van der Waals surface area contributed by atoms with Gasteiger partial charge in [0.05, 0.1) is 6.04 Å². The second kappa shape index (κ2) is 6.64. The van der Waals surface area contributed by atoms with Gasteiger partial charge in [-0.1, -0.05) is 13.3 Å². The summed E-state index contributed by atoms with van der Waals surface area (Å²) in [5, 5.41) is 3.44. The van der Waals surface area contributed by atoms with Gasteiger partial charge >= 0.3 is 0 Å². The van der Waals surface area contributed by atoms with Crippen LogP contribution in [0.5, 0.6) is 0 Å². The smallest absolute Gasteiger partial charge is 0.110 e. The largest absolute Gasteiger partial charge is 0.330 e. The molecule has 18 heavy (non-hydrogen) atoms. The van der Waals surface area contributed by atoms with E-state index in [0.717, 1.165) is 12.2 Å². The molecule has 1 aliphatic rings. The minimum absolute atomic E-state index is 0.455. The summed E-state index contributed by atoms with van der Waals surface area (Å²) >= 11 is 1.81. The second-order valence-corrected chi connectivity index (χ2v) is 6.19. The predicted molar refractivity (Wildman–Crippen MR) is 77.9 cm³/mol. The Hall–Kier alpha value is -0.450. The van der Waals surface area contributed by atoms with E-state index in [-0.39, 0.29) is 0 Å². The maximum Gasteiger partial charge on any atom is 0.110 e. The Morgan fingerprint density at radius 1 is 1.50 bits per heavy atom. The first kappa shape index (κ1) is 14.0. The van der Waals surface area contributed by atoms with Gasteiger partial charge < -0.3 is 5.73 Å². The molecule has 0 aliphatic carbocycles. The molecule has 1 aromatic heterocycles. The standard InChI is InChI=1S/C14H25N3S/c1-3-7-17-8-5-4-6-12(9-15)13(17)14-16-11(2)10-18-14/h10,12-13H,3-9,15H2,1-2H3. The van der Waals surface area contributed by atoms with Gasteiger partial charge in [-0.2, -0.15) is 0 Å². The average molecular weight is 267 g/mol. The van der Waals surface area contributed by atoms with Gasteiger partial charge in [-0.05, 0) is 51.7 Å². The molecule has 1 saturated heterocycles. The van der Waals surface area contributed by atoms with Crippen molar-refractivity contribution in [3.05, 3.63) is 16.1 Å². The van der Waals surface area contributed by atoms with Gasteiger partial charge in [-0.15, -0.1) is 11.3 Å². The van der Waals surface area contributed by atoms with Gasteiger partial charge in [0, 0.05) is 11.1 Å². The summed E-state index contributed by atoms with van der Waals surface area (Å²) in [7, 11) is 0. The average Bonchev–Trinajstić information content (AvgIpc) is 2.68. The molecule has 0 bridgehead atoms. The van der Waals surface area contributed by atoms with Crippen LogP contribution < -0.4 is 5.73 Å². The number of thiazole rings is 1. The second-order valence-electron chi connectivity index (χ2n) is 5.30. The van der Waals surface area contributed by atoms with Gasteiger partial charge in [0.1, 0.15) is 5.01 Å². The van der Waals surface area contributed by atoms with Gasteiger partial charge in [-0.25, -0.2) is 4.98 Å². The molecule has 102 valence electrons. The molecule has 2 heterocycles. The van der Waals surface area contributed by atoms with E-state index in [1.165, 1.54) is 43.8 Å². The highest BCUT2D eigenvalue weighted by Gasteiger charge is 2.31. The molecule has 2 N–H and O–H groups in total. The van der Waals surface area contributed by atoms with E-state index < -0.39 is 0 Å². The monoisotopic (exact) mass is 267 g/mol. The molecule has 0 aromatic carbocycles. The van der Waals surface area contributed by atoms with Crippen LogP contribution in [0.25, 0.3) is 0 Å². The topological polar surface area (TPSA) is 42.1 Å². The Balaban J connectivity index is 2.25. The zero-order chi connectivity index (χ0) is 13.0. The molecule has 2 atom stereocenters. The van der Waals surface area contributed by atoms with E-state index in [0.29, 0.717) is 12.0 Å². The Morgan fingerprint density at radius 3 is 2.94 bits per heavy atom. The lowest BCUT2D eigenvalue weighted by molar-refractivity contribution is 0.158. The number of hydrogen-bond donors (Lipinski definition) is 1. The molecule has 1 aromatic rings. The van der Waals surface area contributed by atoms with Crippen LogP contribution in [-0.2, 0) is 0 Å². The normalized spacial score (nSPS) is 26.2. The first-order valence-corrected chi connectivity index (χ1v) is 8.00. The molecule has 0 radical (unpaired) electrons. The van der Waals surface area contributed by atoms with Crippen molar-refractivity contribution < 1.29 is 0 Å². The zero-order valence-corrected chi connectivity index (χ0v) is 12.4. The number of nitrogens with zero attached hydrogens (tertiary/aromatic N) is 2. The van der Waals surface area contributed by atoms with Crippen molar-refractivity contribution >= 4 is 11.3 Å². The van der Waals surface area contributed by atoms with Crippen molar-refractivity contribution in [3.8, 4) is 0 Å². The fraction of sp³-hybridized carbons (Fsp3) is 0.786. The Bertz CT molecular complexity index is 364. The highest BCUT2D eigenvalue weighted by Crippen LogP contribution is 2.36. The zero-order valence-electron chi connectivity index (χ0n) is 11.6. The molecule has 0 spiro atoms. The third-order valence-electron chi connectivity index (χ3n) is 3.81. The number of aromatic nitrogens is 1. The van der Waals surface area contributed by atoms with Crippen molar-refractivity contribution in [2.24, 2.45) is 11.7 Å². The maximum atomic E-state index is 6.02. The maximum absolute atomic E-state index is 6.02. The molecule has 4 heteroatoms. The molecular weight excluding hydrogens is 242 g/mol. The third-order valence-corrected chi connectivity index (χ3v) is 4.85. The summed E-state index contributed by atoms with van der Waals surface area (Å²) in [5.74, 6) is 0.574. The fourth-order valence-corrected chi connectivity index (χ4v) is 3.99. The third kappa shape index (κ3) is 3.11. The van der Waals surface area contributed by atoms with Gasteiger partial charge in [0.15, 0.2) is 0 Å². The summed E-state index contributed by atoms with van der Waals surface area (Å²) in [5.41, 5.74) is 7.16. The Labute approximate surface area is 114 Å². The van der Waals surface area contributed by atoms with E-state index in [9.17, 15) is 0 Å². The molecule has 2 rings (SSSR count). The van der Waals surface area contributed by atoms with Crippen LogP contribution in [0.1, 0.15) is 49.4 Å². The summed E-state index contributed by atoms with van der Waals surface area (Å²) in [6.07, 6.45) is 5.07. The van der Waals surface area contributed by atoms with Crippen LogP contribution in [0.3, 0.4) is 0 Å². The minimum atomic E-state index is 0.455. The molecule has 0 amide bonds. The van der Waals surface area contributed by atoms with Gasteiger partial charge in [-0.3, -0.25) is 4.90 Å². The van der Waals surface area contributed by atoms with Crippen LogP contribution in [0.2, 0.25) is 0 Å². The van der Waals surface area contributed by atoms with E-state index >= 15 is 0 Å². The summed E-state index contributed by atoms with van der Waals surface area (Å²) < 4.78 is 0. The quantitative estimate of drug-likeness (QED) is 0.912. The van der Waals surface area contributed by atoms with Crippen molar-refractivity contribution in [1.82, 2.24) is 9.88 Å². The first-order valence-electron chi connectivity index (χ1n) is 7.12. The van der Waals surface area contributed by atoms with Crippen molar-refractivity contribution in [3.63, 3.8) is 0 Å². The molecule has 1 aliphatic heterocycles. The van der Waals surface area contributed by atoms with E-state index in [4.69, 9.17) is 10.7 Å². The van der Waals surface area contributed by atoms with Crippen LogP contribution in [0.15, 0.2) is 5.38 Å². The fourth-order valence-electron chi connectivity index (χ4n) is 2.97. The number of likely N-dealkylation sites (tertiary alicyclic amines) is 1. The number of nitrogens with two attached hydrogens (primary N) is 1. The summed E-state index contributed by atoms with van der Waals surface area (Å²) in [4.78, 5) is 7.34.